The molecule has 138 valence electrons. The average molecular weight is 443 g/mol. The van der Waals surface area contributed by atoms with E-state index in [2.05, 4.69) is 29.5 Å². The third-order valence-corrected chi connectivity index (χ3v) is 4.05. The van der Waals surface area contributed by atoms with Crippen molar-refractivity contribution in [3.05, 3.63) is 0 Å². The van der Waals surface area contributed by atoms with Gasteiger partial charge < -0.3 is 25.2 Å². The summed E-state index contributed by atoms with van der Waals surface area (Å²) in [6, 6.07) is 0. The van der Waals surface area contributed by atoms with Crippen LogP contribution in [0, 0.1) is 5.41 Å². The number of aliphatic hydroxyl groups is 1. The molecule has 1 heterocycles. The summed E-state index contributed by atoms with van der Waals surface area (Å²) >= 11 is 0. The molecule has 1 aliphatic rings. The normalized spacial score (nSPS) is 20.7. The van der Waals surface area contributed by atoms with E-state index in [1.165, 1.54) is 0 Å². The summed E-state index contributed by atoms with van der Waals surface area (Å²) in [4.78, 5) is 4.58. The van der Waals surface area contributed by atoms with Gasteiger partial charge in [-0.1, -0.05) is 13.8 Å². The monoisotopic (exact) mass is 443 g/mol. The number of nitrogens with zero attached hydrogens (tertiary/aromatic N) is 1. The Morgan fingerprint density at radius 3 is 2.74 bits per heavy atom. The fraction of sp³-hybridized carbons (Fsp3) is 0.938. The molecule has 1 aliphatic heterocycles. The summed E-state index contributed by atoms with van der Waals surface area (Å²) in [5.41, 5.74) is -0.145. The smallest absolute Gasteiger partial charge is 0.191 e. The van der Waals surface area contributed by atoms with Crippen molar-refractivity contribution in [2.45, 2.75) is 46.1 Å². The molecule has 1 rings (SSSR count). The Kier molecular flexibility index (Phi) is 13.1. The van der Waals surface area contributed by atoms with E-state index in [0.29, 0.717) is 6.54 Å². The van der Waals surface area contributed by atoms with Crippen LogP contribution in [0.2, 0.25) is 0 Å². The lowest BCUT2D eigenvalue weighted by molar-refractivity contribution is 0.0420. The highest BCUT2D eigenvalue weighted by atomic mass is 127. The highest BCUT2D eigenvalue weighted by molar-refractivity contribution is 14.0. The summed E-state index contributed by atoms with van der Waals surface area (Å²) in [5, 5.41) is 16.0. The van der Waals surface area contributed by atoms with Crippen molar-refractivity contribution >= 4 is 29.9 Å². The van der Waals surface area contributed by atoms with Gasteiger partial charge in [0.05, 0.1) is 25.9 Å². The van der Waals surface area contributed by atoms with E-state index < -0.39 is 0 Å². The molecule has 0 aromatic heterocycles. The number of nitrogens with one attached hydrogen (secondary N) is 2. The standard InChI is InChI=1S/C16H33N3O3.HI/c1-4-16(3,13-20)12-19-15(17-5-2)18-8-6-9-22-14-7-10-21-11-14;/h14,20H,4-13H2,1-3H3,(H2,17,18,19);1H. The maximum absolute atomic E-state index is 9.44. The Morgan fingerprint density at radius 2 is 2.17 bits per heavy atom. The SMILES string of the molecule is CCNC(=NCC(C)(CC)CO)NCCCOC1CCOC1.I. The first kappa shape index (κ1) is 22.9. The Bertz CT molecular complexity index is 320. The van der Waals surface area contributed by atoms with Gasteiger partial charge in [-0.05, 0) is 26.2 Å². The third-order valence-electron chi connectivity index (χ3n) is 4.05. The molecule has 0 aromatic rings. The van der Waals surface area contributed by atoms with Gasteiger partial charge in [0.25, 0.3) is 0 Å². The first-order valence-corrected chi connectivity index (χ1v) is 8.46. The van der Waals surface area contributed by atoms with Gasteiger partial charge in [0.1, 0.15) is 0 Å². The quantitative estimate of drug-likeness (QED) is 0.208. The van der Waals surface area contributed by atoms with Crippen molar-refractivity contribution in [3.63, 3.8) is 0 Å². The summed E-state index contributed by atoms with van der Waals surface area (Å²) < 4.78 is 11.0. The lowest BCUT2D eigenvalue weighted by atomic mass is 9.89. The maximum atomic E-state index is 9.44. The number of halogens is 1. The molecule has 2 atom stereocenters. The highest BCUT2D eigenvalue weighted by Crippen LogP contribution is 2.19. The van der Waals surface area contributed by atoms with E-state index in [1.807, 2.05) is 6.92 Å². The summed E-state index contributed by atoms with van der Waals surface area (Å²) in [7, 11) is 0. The van der Waals surface area contributed by atoms with Crippen LogP contribution in [0.25, 0.3) is 0 Å². The van der Waals surface area contributed by atoms with Gasteiger partial charge in [0.2, 0.25) is 0 Å². The molecule has 1 saturated heterocycles. The molecular formula is C16H34IN3O3. The Morgan fingerprint density at radius 1 is 1.39 bits per heavy atom. The first-order valence-electron chi connectivity index (χ1n) is 8.46. The van der Waals surface area contributed by atoms with Crippen LogP contribution >= 0.6 is 24.0 Å². The van der Waals surface area contributed by atoms with E-state index in [0.717, 1.165) is 58.1 Å². The number of ether oxygens (including phenoxy) is 2. The van der Waals surface area contributed by atoms with Gasteiger partial charge in [-0.15, -0.1) is 24.0 Å². The van der Waals surface area contributed by atoms with Crippen LogP contribution in [0.5, 0.6) is 0 Å². The number of hydrogen-bond acceptors (Lipinski definition) is 4. The third kappa shape index (κ3) is 9.69. The van der Waals surface area contributed by atoms with E-state index in [4.69, 9.17) is 9.47 Å². The molecule has 1 fully saturated rings. The largest absolute Gasteiger partial charge is 0.396 e. The molecule has 6 nitrogen and oxygen atoms in total. The lowest BCUT2D eigenvalue weighted by Gasteiger charge is -2.23. The van der Waals surface area contributed by atoms with Crippen molar-refractivity contribution in [2.75, 3.05) is 46.1 Å². The summed E-state index contributed by atoms with van der Waals surface area (Å²) in [6.45, 7) is 10.9. The van der Waals surface area contributed by atoms with Crippen molar-refractivity contribution < 1.29 is 14.6 Å². The minimum absolute atomic E-state index is 0. The van der Waals surface area contributed by atoms with Crippen LogP contribution in [-0.2, 0) is 9.47 Å². The number of aliphatic hydroxyl groups excluding tert-OH is 1. The number of guanidine groups is 1. The van der Waals surface area contributed by atoms with E-state index >= 15 is 0 Å². The van der Waals surface area contributed by atoms with Gasteiger partial charge in [0, 0.05) is 31.7 Å². The molecule has 0 amide bonds. The van der Waals surface area contributed by atoms with Crippen LogP contribution in [-0.4, -0.2) is 63.2 Å². The molecule has 3 N–H and O–H groups in total. The van der Waals surface area contributed by atoms with Gasteiger partial charge >= 0.3 is 0 Å². The average Bonchev–Trinajstić information content (AvgIpc) is 3.05. The van der Waals surface area contributed by atoms with E-state index in [1.54, 1.807) is 0 Å². The Balaban J connectivity index is 0.00000484. The molecule has 0 radical (unpaired) electrons. The molecule has 0 bridgehead atoms. The zero-order valence-corrected chi connectivity index (χ0v) is 17.1. The van der Waals surface area contributed by atoms with Crippen LogP contribution in [0.15, 0.2) is 4.99 Å². The fourth-order valence-corrected chi connectivity index (χ4v) is 2.06. The van der Waals surface area contributed by atoms with Gasteiger partial charge in [-0.2, -0.15) is 0 Å². The predicted octanol–water partition coefficient (Wildman–Crippen LogP) is 1.76. The molecule has 7 heteroatoms. The predicted molar refractivity (Wildman–Crippen MR) is 105 cm³/mol. The zero-order chi connectivity index (χ0) is 16.3. The van der Waals surface area contributed by atoms with Crippen LogP contribution in [0.3, 0.4) is 0 Å². The summed E-state index contributed by atoms with van der Waals surface area (Å²) in [5.74, 6) is 0.805. The maximum Gasteiger partial charge on any atom is 0.191 e. The number of aliphatic imine (C=N–C) groups is 1. The van der Waals surface area contributed by atoms with Crippen LogP contribution in [0.4, 0.5) is 0 Å². The Hall–Kier alpha value is -0.120. The summed E-state index contributed by atoms with van der Waals surface area (Å²) in [6.07, 6.45) is 3.13. The molecule has 2 unspecified atom stereocenters. The van der Waals surface area contributed by atoms with Crippen LogP contribution in [0.1, 0.15) is 40.0 Å². The lowest BCUT2D eigenvalue weighted by Crippen LogP contribution is -2.39. The fourth-order valence-electron chi connectivity index (χ4n) is 2.06. The van der Waals surface area contributed by atoms with Crippen molar-refractivity contribution in [1.29, 1.82) is 0 Å². The molecular weight excluding hydrogens is 409 g/mol. The van der Waals surface area contributed by atoms with Crippen molar-refractivity contribution in [3.8, 4) is 0 Å². The van der Waals surface area contributed by atoms with Gasteiger partial charge in [-0.25, -0.2) is 0 Å². The second-order valence-electron chi connectivity index (χ2n) is 6.15. The molecule has 23 heavy (non-hydrogen) atoms. The number of rotatable bonds is 10. The van der Waals surface area contributed by atoms with Gasteiger partial charge in [0.15, 0.2) is 5.96 Å². The topological polar surface area (TPSA) is 75.1 Å². The second-order valence-corrected chi connectivity index (χ2v) is 6.15. The van der Waals surface area contributed by atoms with Crippen LogP contribution < -0.4 is 10.6 Å². The Labute approximate surface area is 157 Å². The number of hydrogen-bond donors (Lipinski definition) is 3. The molecule has 0 aromatic carbocycles. The highest BCUT2D eigenvalue weighted by Gasteiger charge is 2.20. The first-order chi connectivity index (χ1) is 10.6. The minimum atomic E-state index is -0.145. The van der Waals surface area contributed by atoms with E-state index in [-0.39, 0.29) is 42.1 Å². The second kappa shape index (κ2) is 13.2. The van der Waals surface area contributed by atoms with Gasteiger partial charge in [-0.3, -0.25) is 4.99 Å². The zero-order valence-electron chi connectivity index (χ0n) is 14.8. The molecule has 0 saturated carbocycles. The molecule has 0 aliphatic carbocycles. The van der Waals surface area contributed by atoms with E-state index in [9.17, 15) is 5.11 Å². The van der Waals surface area contributed by atoms with Crippen molar-refractivity contribution in [1.82, 2.24) is 10.6 Å². The molecule has 0 spiro atoms. The minimum Gasteiger partial charge on any atom is -0.396 e. The van der Waals surface area contributed by atoms with Crippen molar-refractivity contribution in [2.24, 2.45) is 10.4 Å².